The van der Waals surface area contributed by atoms with Gasteiger partial charge < -0.3 is 15.8 Å². The van der Waals surface area contributed by atoms with Crippen LogP contribution in [0.15, 0.2) is 0 Å². The van der Waals surface area contributed by atoms with E-state index >= 15 is 0 Å². The molecule has 1 aliphatic heterocycles. The van der Waals surface area contributed by atoms with Crippen LogP contribution < -0.4 is 11.1 Å². The molecule has 1 amide bonds. The molecule has 0 aliphatic carbocycles. The maximum absolute atomic E-state index is 11.9. The molecule has 0 aromatic rings. The molecule has 1 heterocycles. The quantitative estimate of drug-likeness (QED) is 0.763. The summed E-state index contributed by atoms with van der Waals surface area (Å²) in [5, 5.41) is 2.99. The van der Waals surface area contributed by atoms with Gasteiger partial charge in [0.1, 0.15) is 0 Å². The van der Waals surface area contributed by atoms with E-state index in [-0.39, 0.29) is 23.3 Å². The lowest BCUT2D eigenvalue weighted by atomic mass is 9.82. The highest BCUT2D eigenvalue weighted by Gasteiger charge is 2.29. The van der Waals surface area contributed by atoms with Gasteiger partial charge in [-0.1, -0.05) is 27.2 Å². The molecule has 1 saturated heterocycles. The SMILES string of the molecule is CCC(C)[C@H](N)C(=O)NCC1(C)CCOCC1. The van der Waals surface area contributed by atoms with Gasteiger partial charge >= 0.3 is 0 Å². The van der Waals surface area contributed by atoms with Gasteiger partial charge in [-0.2, -0.15) is 0 Å². The van der Waals surface area contributed by atoms with Crippen molar-refractivity contribution in [1.29, 1.82) is 0 Å². The molecule has 2 atom stereocenters. The summed E-state index contributed by atoms with van der Waals surface area (Å²) < 4.78 is 5.34. The predicted molar refractivity (Wildman–Crippen MR) is 68.6 cm³/mol. The molecule has 0 saturated carbocycles. The summed E-state index contributed by atoms with van der Waals surface area (Å²) in [5.41, 5.74) is 6.06. The van der Waals surface area contributed by atoms with E-state index in [9.17, 15) is 4.79 Å². The molecule has 0 spiro atoms. The lowest BCUT2D eigenvalue weighted by Crippen LogP contribution is -2.48. The molecule has 17 heavy (non-hydrogen) atoms. The fourth-order valence-corrected chi connectivity index (χ4v) is 1.97. The number of nitrogens with one attached hydrogen (secondary N) is 1. The third-order valence-corrected chi connectivity index (χ3v) is 3.95. The van der Waals surface area contributed by atoms with Crippen LogP contribution in [0.4, 0.5) is 0 Å². The maximum atomic E-state index is 11.9. The number of rotatable bonds is 5. The normalized spacial score (nSPS) is 22.8. The molecule has 100 valence electrons. The van der Waals surface area contributed by atoms with Gasteiger partial charge in [-0.3, -0.25) is 4.79 Å². The average molecular weight is 242 g/mol. The van der Waals surface area contributed by atoms with Gasteiger partial charge in [0, 0.05) is 19.8 Å². The van der Waals surface area contributed by atoms with E-state index in [1.54, 1.807) is 0 Å². The lowest BCUT2D eigenvalue weighted by molar-refractivity contribution is -0.124. The van der Waals surface area contributed by atoms with Gasteiger partial charge in [0.2, 0.25) is 5.91 Å². The first-order valence-corrected chi connectivity index (χ1v) is 6.59. The van der Waals surface area contributed by atoms with Gasteiger partial charge in [0.25, 0.3) is 0 Å². The van der Waals surface area contributed by atoms with Crippen molar-refractivity contribution in [1.82, 2.24) is 5.32 Å². The first-order valence-electron chi connectivity index (χ1n) is 6.59. The Morgan fingerprint density at radius 1 is 1.47 bits per heavy atom. The highest BCUT2D eigenvalue weighted by atomic mass is 16.5. The second-order valence-corrected chi connectivity index (χ2v) is 5.55. The minimum atomic E-state index is -0.386. The molecule has 0 aromatic carbocycles. The molecule has 1 fully saturated rings. The van der Waals surface area contributed by atoms with Gasteiger partial charge in [0.05, 0.1) is 6.04 Å². The van der Waals surface area contributed by atoms with Crippen molar-refractivity contribution in [3.63, 3.8) is 0 Å². The molecule has 4 heteroatoms. The first kappa shape index (κ1) is 14.5. The van der Waals surface area contributed by atoms with Crippen LogP contribution in [0.25, 0.3) is 0 Å². The zero-order valence-electron chi connectivity index (χ0n) is 11.3. The molecule has 1 unspecified atom stereocenters. The Morgan fingerprint density at radius 3 is 2.59 bits per heavy atom. The van der Waals surface area contributed by atoms with Gasteiger partial charge in [-0.15, -0.1) is 0 Å². The number of carbonyl (C=O) groups is 1. The smallest absolute Gasteiger partial charge is 0.237 e. The summed E-state index contributed by atoms with van der Waals surface area (Å²) >= 11 is 0. The molecule has 3 N–H and O–H groups in total. The minimum absolute atomic E-state index is 0.0212. The number of hydrogen-bond acceptors (Lipinski definition) is 3. The molecule has 1 aliphatic rings. The highest BCUT2D eigenvalue weighted by Crippen LogP contribution is 2.28. The Labute approximate surface area is 104 Å². The van der Waals surface area contributed by atoms with Crippen molar-refractivity contribution in [2.45, 2.75) is 46.1 Å². The molecule has 4 nitrogen and oxygen atoms in total. The Kier molecular flexibility index (Phi) is 5.40. The van der Waals surface area contributed by atoms with Gasteiger partial charge in [-0.25, -0.2) is 0 Å². The van der Waals surface area contributed by atoms with Crippen LogP contribution in [0, 0.1) is 11.3 Å². The molecule has 0 bridgehead atoms. The number of ether oxygens (including phenoxy) is 1. The minimum Gasteiger partial charge on any atom is -0.381 e. The standard InChI is InChI=1S/C13H26N2O2/c1-4-10(2)11(14)12(16)15-9-13(3)5-7-17-8-6-13/h10-11H,4-9,14H2,1-3H3,(H,15,16)/t10?,11-/m0/s1. The summed E-state index contributed by atoms with van der Waals surface area (Å²) in [5.74, 6) is 0.213. The van der Waals surface area contributed by atoms with Crippen LogP contribution in [0.3, 0.4) is 0 Å². The lowest BCUT2D eigenvalue weighted by Gasteiger charge is -2.34. The number of nitrogens with two attached hydrogens (primary N) is 1. The van der Waals surface area contributed by atoms with Crippen LogP contribution in [-0.4, -0.2) is 31.7 Å². The van der Waals surface area contributed by atoms with Crippen molar-refractivity contribution in [3.05, 3.63) is 0 Å². The summed E-state index contributed by atoms with van der Waals surface area (Å²) in [4.78, 5) is 11.9. The summed E-state index contributed by atoms with van der Waals surface area (Å²) in [6.07, 6.45) is 2.94. The Morgan fingerprint density at radius 2 is 2.06 bits per heavy atom. The predicted octanol–water partition coefficient (Wildman–Crippen LogP) is 1.29. The topological polar surface area (TPSA) is 64.4 Å². The highest BCUT2D eigenvalue weighted by molar-refractivity contribution is 5.81. The van der Waals surface area contributed by atoms with E-state index in [4.69, 9.17) is 10.5 Å². The largest absolute Gasteiger partial charge is 0.381 e. The summed E-state index contributed by atoms with van der Waals surface area (Å²) in [6, 6.07) is -0.386. The van der Waals surface area contributed by atoms with Crippen molar-refractivity contribution in [3.8, 4) is 0 Å². The number of hydrogen-bond donors (Lipinski definition) is 2. The molecule has 0 aromatic heterocycles. The van der Waals surface area contributed by atoms with Gasteiger partial charge in [0.15, 0.2) is 0 Å². The number of carbonyl (C=O) groups excluding carboxylic acids is 1. The van der Waals surface area contributed by atoms with Crippen LogP contribution in [0.5, 0.6) is 0 Å². The molecular weight excluding hydrogens is 216 g/mol. The zero-order chi connectivity index (χ0) is 12.9. The average Bonchev–Trinajstić information content (AvgIpc) is 2.35. The van der Waals surface area contributed by atoms with E-state index < -0.39 is 0 Å². The van der Waals surface area contributed by atoms with Crippen molar-refractivity contribution in [2.75, 3.05) is 19.8 Å². The molecule has 0 radical (unpaired) electrons. The third kappa shape index (κ3) is 4.28. The number of amides is 1. The van der Waals surface area contributed by atoms with E-state index in [1.807, 2.05) is 6.92 Å². The Bertz CT molecular complexity index is 250. The van der Waals surface area contributed by atoms with Crippen LogP contribution in [0.1, 0.15) is 40.0 Å². The molecule has 1 rings (SSSR count). The van der Waals surface area contributed by atoms with Gasteiger partial charge in [-0.05, 0) is 24.2 Å². The fourth-order valence-electron chi connectivity index (χ4n) is 1.97. The molecular formula is C13H26N2O2. The van der Waals surface area contributed by atoms with E-state index in [0.29, 0.717) is 6.54 Å². The van der Waals surface area contributed by atoms with E-state index in [2.05, 4.69) is 19.2 Å². The van der Waals surface area contributed by atoms with Crippen LogP contribution in [0.2, 0.25) is 0 Å². The third-order valence-electron chi connectivity index (χ3n) is 3.95. The Hall–Kier alpha value is -0.610. The van der Waals surface area contributed by atoms with E-state index in [1.165, 1.54) is 0 Å². The van der Waals surface area contributed by atoms with Crippen LogP contribution in [-0.2, 0) is 9.53 Å². The Balaban J connectivity index is 2.36. The fraction of sp³-hybridized carbons (Fsp3) is 0.923. The van der Waals surface area contributed by atoms with Crippen LogP contribution >= 0.6 is 0 Å². The second kappa shape index (κ2) is 6.36. The monoisotopic (exact) mass is 242 g/mol. The van der Waals surface area contributed by atoms with Crippen molar-refractivity contribution in [2.24, 2.45) is 17.1 Å². The first-order chi connectivity index (χ1) is 7.98. The summed E-state index contributed by atoms with van der Waals surface area (Å²) in [6.45, 7) is 8.56. The second-order valence-electron chi connectivity index (χ2n) is 5.55. The summed E-state index contributed by atoms with van der Waals surface area (Å²) in [7, 11) is 0. The van der Waals surface area contributed by atoms with Crippen molar-refractivity contribution < 1.29 is 9.53 Å². The van der Waals surface area contributed by atoms with E-state index in [0.717, 1.165) is 32.5 Å². The maximum Gasteiger partial charge on any atom is 0.237 e. The van der Waals surface area contributed by atoms with Crippen molar-refractivity contribution >= 4 is 5.91 Å². The zero-order valence-corrected chi connectivity index (χ0v) is 11.3.